The molecule has 24 heavy (non-hydrogen) atoms. The summed E-state index contributed by atoms with van der Waals surface area (Å²) in [5.74, 6) is 2.06. The second kappa shape index (κ2) is 7.49. The second-order valence-corrected chi connectivity index (χ2v) is 6.07. The van der Waals surface area contributed by atoms with Crippen LogP contribution in [0.3, 0.4) is 0 Å². The SMILES string of the molecule is COc1cc2c(Nc3cccc(C)c3)ncnc2cc1OCCBr. The molecule has 0 bridgehead atoms. The van der Waals surface area contributed by atoms with Crippen LogP contribution in [-0.4, -0.2) is 29.0 Å². The summed E-state index contributed by atoms with van der Waals surface area (Å²) in [6.07, 6.45) is 1.54. The molecule has 0 spiro atoms. The largest absolute Gasteiger partial charge is 0.493 e. The number of aryl methyl sites for hydroxylation is 1. The molecule has 3 rings (SSSR count). The molecule has 0 saturated carbocycles. The lowest BCUT2D eigenvalue weighted by Crippen LogP contribution is -2.01. The lowest BCUT2D eigenvalue weighted by atomic mass is 10.2. The lowest BCUT2D eigenvalue weighted by molar-refractivity contribution is 0.315. The number of hydrogen-bond acceptors (Lipinski definition) is 5. The van der Waals surface area contributed by atoms with Crippen LogP contribution in [-0.2, 0) is 0 Å². The standard InChI is InChI=1S/C18H18BrN3O2/c1-12-4-3-5-13(8-12)22-18-14-9-16(23-2)17(24-7-6-19)10-15(14)20-11-21-18/h3-5,8-11H,6-7H2,1-2H3,(H,20,21,22). The fourth-order valence-electron chi connectivity index (χ4n) is 2.44. The number of fused-ring (bicyclic) bond motifs is 1. The minimum Gasteiger partial charge on any atom is -0.493 e. The Kier molecular flexibility index (Phi) is 5.15. The average Bonchev–Trinajstić information content (AvgIpc) is 2.59. The molecule has 0 aliphatic heterocycles. The van der Waals surface area contributed by atoms with Gasteiger partial charge in [-0.05, 0) is 30.7 Å². The molecule has 1 aromatic heterocycles. The molecule has 2 aromatic carbocycles. The van der Waals surface area contributed by atoms with Crippen molar-refractivity contribution in [1.29, 1.82) is 0 Å². The van der Waals surface area contributed by atoms with Gasteiger partial charge in [0.05, 0.1) is 19.2 Å². The molecule has 5 nitrogen and oxygen atoms in total. The summed E-state index contributed by atoms with van der Waals surface area (Å²) >= 11 is 3.36. The van der Waals surface area contributed by atoms with Crippen LogP contribution in [0.2, 0.25) is 0 Å². The van der Waals surface area contributed by atoms with E-state index in [9.17, 15) is 0 Å². The first-order valence-electron chi connectivity index (χ1n) is 7.56. The van der Waals surface area contributed by atoms with Crippen LogP contribution >= 0.6 is 15.9 Å². The lowest BCUT2D eigenvalue weighted by Gasteiger charge is -2.13. The fourth-order valence-corrected chi connectivity index (χ4v) is 2.61. The molecular weight excluding hydrogens is 370 g/mol. The van der Waals surface area contributed by atoms with E-state index in [1.54, 1.807) is 13.4 Å². The predicted molar refractivity (Wildman–Crippen MR) is 99.8 cm³/mol. The summed E-state index contributed by atoms with van der Waals surface area (Å²) in [5.41, 5.74) is 2.96. The number of nitrogens with one attached hydrogen (secondary N) is 1. The number of rotatable bonds is 6. The zero-order valence-electron chi connectivity index (χ0n) is 13.5. The van der Waals surface area contributed by atoms with Gasteiger partial charge in [0.25, 0.3) is 0 Å². The number of halogens is 1. The summed E-state index contributed by atoms with van der Waals surface area (Å²) < 4.78 is 11.2. The fraction of sp³-hybridized carbons (Fsp3) is 0.222. The minimum atomic E-state index is 0.557. The smallest absolute Gasteiger partial charge is 0.163 e. The van der Waals surface area contributed by atoms with E-state index in [0.29, 0.717) is 18.1 Å². The van der Waals surface area contributed by atoms with Gasteiger partial charge < -0.3 is 14.8 Å². The molecule has 1 heterocycles. The first kappa shape index (κ1) is 16.5. The van der Waals surface area contributed by atoms with Crippen LogP contribution in [0, 0.1) is 6.92 Å². The van der Waals surface area contributed by atoms with Gasteiger partial charge in [0.1, 0.15) is 12.1 Å². The van der Waals surface area contributed by atoms with Crippen molar-refractivity contribution in [3.63, 3.8) is 0 Å². The molecule has 0 amide bonds. The van der Waals surface area contributed by atoms with Crippen molar-refractivity contribution in [2.45, 2.75) is 6.92 Å². The average molecular weight is 388 g/mol. The first-order valence-corrected chi connectivity index (χ1v) is 8.68. The van der Waals surface area contributed by atoms with E-state index in [1.165, 1.54) is 5.56 Å². The number of methoxy groups -OCH3 is 1. The topological polar surface area (TPSA) is 56.3 Å². The van der Waals surface area contributed by atoms with E-state index in [0.717, 1.165) is 27.7 Å². The Morgan fingerprint density at radius 3 is 2.75 bits per heavy atom. The molecule has 0 aliphatic carbocycles. The zero-order chi connectivity index (χ0) is 16.9. The van der Waals surface area contributed by atoms with Crippen molar-refractivity contribution < 1.29 is 9.47 Å². The number of aromatic nitrogens is 2. The molecule has 1 N–H and O–H groups in total. The highest BCUT2D eigenvalue weighted by Crippen LogP contribution is 2.34. The van der Waals surface area contributed by atoms with Crippen LogP contribution in [0.4, 0.5) is 11.5 Å². The maximum absolute atomic E-state index is 5.71. The summed E-state index contributed by atoms with van der Waals surface area (Å²) in [7, 11) is 1.62. The third-order valence-corrected chi connectivity index (χ3v) is 3.86. The van der Waals surface area contributed by atoms with Gasteiger partial charge in [-0.1, -0.05) is 28.1 Å². The molecule has 6 heteroatoms. The Balaban J connectivity index is 2.02. The van der Waals surface area contributed by atoms with E-state index in [-0.39, 0.29) is 0 Å². The summed E-state index contributed by atoms with van der Waals surface area (Å²) in [6.45, 7) is 2.61. The third-order valence-electron chi connectivity index (χ3n) is 3.54. The Hall–Kier alpha value is -2.34. The molecule has 0 atom stereocenters. The van der Waals surface area contributed by atoms with Crippen molar-refractivity contribution >= 4 is 38.3 Å². The monoisotopic (exact) mass is 387 g/mol. The van der Waals surface area contributed by atoms with Gasteiger partial charge in [-0.2, -0.15) is 0 Å². The molecule has 0 radical (unpaired) electrons. The zero-order valence-corrected chi connectivity index (χ0v) is 15.1. The maximum atomic E-state index is 5.71. The van der Waals surface area contributed by atoms with Crippen molar-refractivity contribution in [2.24, 2.45) is 0 Å². The van der Waals surface area contributed by atoms with E-state index >= 15 is 0 Å². The molecule has 0 unspecified atom stereocenters. The van der Waals surface area contributed by atoms with Crippen LogP contribution in [0.5, 0.6) is 11.5 Å². The Labute approximate surface area is 149 Å². The van der Waals surface area contributed by atoms with Gasteiger partial charge in [-0.25, -0.2) is 9.97 Å². The normalized spacial score (nSPS) is 10.6. The maximum Gasteiger partial charge on any atom is 0.163 e. The van der Waals surface area contributed by atoms with Crippen molar-refractivity contribution in [3.05, 3.63) is 48.3 Å². The summed E-state index contributed by atoms with van der Waals surface area (Å²) in [5, 5.41) is 4.97. The van der Waals surface area contributed by atoms with Gasteiger partial charge in [0.15, 0.2) is 11.5 Å². The number of alkyl halides is 1. The van der Waals surface area contributed by atoms with E-state index in [1.807, 2.05) is 24.3 Å². The first-order chi connectivity index (χ1) is 11.7. The predicted octanol–water partition coefficient (Wildman–Crippen LogP) is 4.46. The van der Waals surface area contributed by atoms with E-state index in [2.05, 4.69) is 50.3 Å². The Bertz CT molecular complexity index is 855. The molecule has 124 valence electrons. The van der Waals surface area contributed by atoms with Gasteiger partial charge in [0.2, 0.25) is 0 Å². The molecule has 0 fully saturated rings. The Morgan fingerprint density at radius 2 is 2.00 bits per heavy atom. The minimum absolute atomic E-state index is 0.557. The highest BCUT2D eigenvalue weighted by molar-refractivity contribution is 9.09. The summed E-state index contributed by atoms with van der Waals surface area (Å²) in [4.78, 5) is 8.72. The molecular formula is C18H18BrN3O2. The highest BCUT2D eigenvalue weighted by Gasteiger charge is 2.11. The van der Waals surface area contributed by atoms with E-state index < -0.39 is 0 Å². The second-order valence-electron chi connectivity index (χ2n) is 5.27. The van der Waals surface area contributed by atoms with Crippen LogP contribution in [0.1, 0.15) is 5.56 Å². The third kappa shape index (κ3) is 3.59. The van der Waals surface area contributed by atoms with Crippen molar-refractivity contribution in [3.8, 4) is 11.5 Å². The number of anilines is 2. The van der Waals surface area contributed by atoms with Crippen molar-refractivity contribution in [2.75, 3.05) is 24.4 Å². The van der Waals surface area contributed by atoms with Crippen molar-refractivity contribution in [1.82, 2.24) is 9.97 Å². The molecule has 3 aromatic rings. The Morgan fingerprint density at radius 1 is 1.12 bits per heavy atom. The quantitative estimate of drug-likeness (QED) is 0.632. The number of benzene rings is 2. The van der Waals surface area contributed by atoms with Gasteiger partial charge >= 0.3 is 0 Å². The molecule has 0 aliphatic rings. The van der Waals surface area contributed by atoms with Gasteiger partial charge in [-0.15, -0.1) is 0 Å². The summed E-state index contributed by atoms with van der Waals surface area (Å²) in [6, 6.07) is 11.9. The highest BCUT2D eigenvalue weighted by atomic mass is 79.9. The number of ether oxygens (including phenoxy) is 2. The van der Waals surface area contributed by atoms with E-state index in [4.69, 9.17) is 9.47 Å². The number of hydrogen-bond donors (Lipinski definition) is 1. The van der Waals surface area contributed by atoms with Gasteiger partial charge in [-0.3, -0.25) is 0 Å². The van der Waals surface area contributed by atoms with Crippen LogP contribution in [0.15, 0.2) is 42.7 Å². The van der Waals surface area contributed by atoms with Gasteiger partial charge in [0, 0.05) is 22.5 Å². The number of nitrogens with zero attached hydrogens (tertiary/aromatic N) is 2. The molecule has 0 saturated heterocycles. The van der Waals surface area contributed by atoms with Crippen LogP contribution < -0.4 is 14.8 Å². The van der Waals surface area contributed by atoms with Crippen LogP contribution in [0.25, 0.3) is 10.9 Å².